The van der Waals surface area contributed by atoms with E-state index < -0.39 is 0 Å². The molecule has 5 heteroatoms. The lowest BCUT2D eigenvalue weighted by atomic mass is 10.2. The van der Waals surface area contributed by atoms with E-state index in [-0.39, 0.29) is 0 Å². The van der Waals surface area contributed by atoms with Crippen molar-refractivity contribution in [2.24, 2.45) is 5.73 Å². The van der Waals surface area contributed by atoms with Gasteiger partial charge in [0.15, 0.2) is 0 Å². The third-order valence-corrected chi connectivity index (χ3v) is 3.42. The van der Waals surface area contributed by atoms with Crippen LogP contribution in [0.1, 0.15) is 5.01 Å². The van der Waals surface area contributed by atoms with Crippen molar-refractivity contribution >= 4 is 27.3 Å². The molecule has 0 unspecified atom stereocenters. The van der Waals surface area contributed by atoms with Gasteiger partial charge in [0, 0.05) is 16.6 Å². The van der Waals surface area contributed by atoms with Crippen LogP contribution in [0.5, 0.6) is 0 Å². The fourth-order valence-corrected chi connectivity index (χ4v) is 2.44. The Morgan fingerprint density at radius 3 is 2.71 bits per heavy atom. The largest absolute Gasteiger partial charge is 0.324 e. The Hall–Kier alpha value is -0.780. The number of hydrogen-bond donors (Lipinski definition) is 1. The SMILES string of the molecule is NCc1nnc(-c2ccccc2Br)s1. The van der Waals surface area contributed by atoms with Gasteiger partial charge in [-0.05, 0) is 6.07 Å². The van der Waals surface area contributed by atoms with Crippen molar-refractivity contribution in [3.8, 4) is 10.6 Å². The van der Waals surface area contributed by atoms with Gasteiger partial charge in [-0.15, -0.1) is 10.2 Å². The Morgan fingerprint density at radius 2 is 2.07 bits per heavy atom. The number of aromatic nitrogens is 2. The smallest absolute Gasteiger partial charge is 0.148 e. The molecule has 0 aliphatic heterocycles. The average Bonchev–Trinajstić information content (AvgIpc) is 2.67. The van der Waals surface area contributed by atoms with E-state index in [4.69, 9.17) is 5.73 Å². The number of hydrogen-bond acceptors (Lipinski definition) is 4. The second-order valence-corrected chi connectivity index (χ2v) is 4.60. The Balaban J connectivity index is 2.44. The monoisotopic (exact) mass is 269 g/mol. The van der Waals surface area contributed by atoms with Crippen LogP contribution < -0.4 is 5.73 Å². The molecule has 1 aromatic carbocycles. The van der Waals surface area contributed by atoms with Gasteiger partial charge in [0.05, 0.1) is 0 Å². The van der Waals surface area contributed by atoms with Crippen molar-refractivity contribution in [3.63, 3.8) is 0 Å². The predicted octanol–water partition coefficient (Wildman–Crippen LogP) is 2.43. The maximum Gasteiger partial charge on any atom is 0.148 e. The van der Waals surface area contributed by atoms with Crippen molar-refractivity contribution in [1.82, 2.24) is 10.2 Å². The summed E-state index contributed by atoms with van der Waals surface area (Å²) in [5.41, 5.74) is 6.54. The van der Waals surface area contributed by atoms with E-state index in [1.165, 1.54) is 11.3 Å². The number of halogens is 1. The zero-order valence-corrected chi connectivity index (χ0v) is 9.68. The molecule has 72 valence electrons. The molecular weight excluding hydrogens is 262 g/mol. The summed E-state index contributed by atoms with van der Waals surface area (Å²) in [5.74, 6) is 0. The molecule has 0 saturated carbocycles. The van der Waals surface area contributed by atoms with Gasteiger partial charge in [-0.1, -0.05) is 45.5 Å². The van der Waals surface area contributed by atoms with E-state index in [2.05, 4.69) is 26.1 Å². The van der Waals surface area contributed by atoms with Crippen LogP contribution in [0.3, 0.4) is 0 Å². The fourth-order valence-electron chi connectivity index (χ4n) is 1.08. The number of nitrogens with two attached hydrogens (primary N) is 1. The molecule has 0 saturated heterocycles. The summed E-state index contributed by atoms with van der Waals surface area (Å²) in [4.78, 5) is 0. The number of benzene rings is 1. The van der Waals surface area contributed by atoms with Crippen LogP contribution in [0, 0.1) is 0 Å². The first kappa shape index (κ1) is 9.76. The third kappa shape index (κ3) is 1.84. The molecule has 0 amide bonds. The highest BCUT2D eigenvalue weighted by Crippen LogP contribution is 2.29. The summed E-state index contributed by atoms with van der Waals surface area (Å²) in [6.07, 6.45) is 0. The van der Waals surface area contributed by atoms with Crippen molar-refractivity contribution in [2.75, 3.05) is 0 Å². The Labute approximate surface area is 94.1 Å². The molecule has 1 aromatic heterocycles. The van der Waals surface area contributed by atoms with Crippen molar-refractivity contribution < 1.29 is 0 Å². The van der Waals surface area contributed by atoms with Gasteiger partial charge in [0.2, 0.25) is 0 Å². The van der Waals surface area contributed by atoms with Crippen molar-refractivity contribution in [3.05, 3.63) is 33.7 Å². The minimum Gasteiger partial charge on any atom is -0.324 e. The van der Waals surface area contributed by atoms with Crippen LogP contribution in [-0.4, -0.2) is 10.2 Å². The molecule has 0 fully saturated rings. The molecule has 0 radical (unpaired) electrons. The number of nitrogens with zero attached hydrogens (tertiary/aromatic N) is 2. The fraction of sp³-hybridized carbons (Fsp3) is 0.111. The first-order valence-corrected chi connectivity index (χ1v) is 5.69. The summed E-state index contributed by atoms with van der Waals surface area (Å²) >= 11 is 4.99. The first-order chi connectivity index (χ1) is 6.81. The van der Waals surface area contributed by atoms with E-state index in [1.807, 2.05) is 24.3 Å². The second kappa shape index (κ2) is 4.16. The highest BCUT2D eigenvalue weighted by Gasteiger charge is 2.07. The van der Waals surface area contributed by atoms with Crippen LogP contribution in [-0.2, 0) is 6.54 Å². The molecule has 2 aromatic rings. The summed E-state index contributed by atoms with van der Waals surface area (Å²) < 4.78 is 1.03. The molecule has 1 heterocycles. The summed E-state index contributed by atoms with van der Waals surface area (Å²) in [7, 11) is 0. The summed E-state index contributed by atoms with van der Waals surface area (Å²) in [5, 5.41) is 9.81. The minimum absolute atomic E-state index is 0.447. The summed E-state index contributed by atoms with van der Waals surface area (Å²) in [6.45, 7) is 0.447. The van der Waals surface area contributed by atoms with Crippen molar-refractivity contribution in [2.45, 2.75) is 6.54 Å². The van der Waals surface area contributed by atoms with Crippen LogP contribution in [0.15, 0.2) is 28.7 Å². The second-order valence-electron chi connectivity index (χ2n) is 2.68. The molecule has 3 nitrogen and oxygen atoms in total. The zero-order chi connectivity index (χ0) is 9.97. The summed E-state index contributed by atoms with van der Waals surface area (Å²) in [6, 6.07) is 7.94. The van der Waals surface area contributed by atoms with E-state index in [1.54, 1.807) is 0 Å². The zero-order valence-electron chi connectivity index (χ0n) is 7.27. The molecule has 2 N–H and O–H groups in total. The average molecular weight is 270 g/mol. The minimum atomic E-state index is 0.447. The van der Waals surface area contributed by atoms with Crippen LogP contribution in [0.25, 0.3) is 10.6 Å². The van der Waals surface area contributed by atoms with Gasteiger partial charge in [-0.25, -0.2) is 0 Å². The lowest BCUT2D eigenvalue weighted by molar-refractivity contribution is 0.960. The molecular formula is C9H8BrN3S. The van der Waals surface area contributed by atoms with Gasteiger partial charge in [-0.2, -0.15) is 0 Å². The molecule has 0 aliphatic carbocycles. The highest BCUT2D eigenvalue weighted by molar-refractivity contribution is 9.10. The molecule has 0 bridgehead atoms. The van der Waals surface area contributed by atoms with Gasteiger partial charge in [0.25, 0.3) is 0 Å². The standard InChI is InChI=1S/C9H8BrN3S/c10-7-4-2-1-3-6(7)9-13-12-8(5-11)14-9/h1-4H,5,11H2. The van der Waals surface area contributed by atoms with Gasteiger partial charge in [-0.3, -0.25) is 0 Å². The van der Waals surface area contributed by atoms with Crippen LogP contribution in [0.2, 0.25) is 0 Å². The van der Waals surface area contributed by atoms with Crippen molar-refractivity contribution in [1.29, 1.82) is 0 Å². The van der Waals surface area contributed by atoms with E-state index in [0.717, 1.165) is 20.1 Å². The van der Waals surface area contributed by atoms with Gasteiger partial charge in [0.1, 0.15) is 10.0 Å². The van der Waals surface area contributed by atoms with Crippen LogP contribution in [0.4, 0.5) is 0 Å². The highest BCUT2D eigenvalue weighted by atomic mass is 79.9. The predicted molar refractivity (Wildman–Crippen MR) is 60.9 cm³/mol. The Bertz CT molecular complexity index is 441. The van der Waals surface area contributed by atoms with Crippen LogP contribution >= 0.6 is 27.3 Å². The normalized spacial score (nSPS) is 10.4. The third-order valence-electron chi connectivity index (χ3n) is 1.75. The Kier molecular flexibility index (Phi) is 2.90. The molecule has 0 aliphatic rings. The first-order valence-electron chi connectivity index (χ1n) is 4.08. The van der Waals surface area contributed by atoms with E-state index in [9.17, 15) is 0 Å². The Morgan fingerprint density at radius 1 is 1.29 bits per heavy atom. The van der Waals surface area contributed by atoms with Gasteiger partial charge < -0.3 is 5.73 Å². The van der Waals surface area contributed by atoms with E-state index in [0.29, 0.717) is 6.54 Å². The topological polar surface area (TPSA) is 51.8 Å². The molecule has 0 atom stereocenters. The maximum absolute atomic E-state index is 5.48. The maximum atomic E-state index is 5.48. The lowest BCUT2D eigenvalue weighted by Crippen LogP contribution is -1.94. The lowest BCUT2D eigenvalue weighted by Gasteiger charge is -1.97. The quantitative estimate of drug-likeness (QED) is 0.911. The molecule has 2 rings (SSSR count). The molecule has 0 spiro atoms. The van der Waals surface area contributed by atoms with Gasteiger partial charge >= 0.3 is 0 Å². The molecule has 14 heavy (non-hydrogen) atoms. The van der Waals surface area contributed by atoms with E-state index >= 15 is 0 Å². The number of rotatable bonds is 2.